The van der Waals surface area contributed by atoms with E-state index in [9.17, 15) is 4.79 Å². The van der Waals surface area contributed by atoms with Gasteiger partial charge in [0.15, 0.2) is 5.69 Å². The molecule has 0 aromatic carbocycles. The Kier molecular flexibility index (Phi) is 4.74. The molecular formula is C11H18N4OS. The number of nitrogens with zero attached hydrogens (tertiary/aromatic N) is 2. The van der Waals surface area contributed by atoms with Gasteiger partial charge in [-0.05, 0) is 32.2 Å². The normalized spacial score (nSPS) is 11.1. The minimum Gasteiger partial charge on any atom is -0.372 e. The van der Waals surface area contributed by atoms with E-state index < -0.39 is 0 Å². The molecule has 6 heteroatoms. The van der Waals surface area contributed by atoms with E-state index in [1.165, 1.54) is 0 Å². The molecule has 1 heterocycles. The Balaban J connectivity index is 2.58. The zero-order chi connectivity index (χ0) is 12.9. The van der Waals surface area contributed by atoms with Gasteiger partial charge in [-0.15, -0.1) is 10.2 Å². The molecule has 2 N–H and O–H groups in total. The Morgan fingerprint density at radius 1 is 1.41 bits per heavy atom. The van der Waals surface area contributed by atoms with Crippen LogP contribution in [0.3, 0.4) is 0 Å². The summed E-state index contributed by atoms with van der Waals surface area (Å²) in [6.07, 6.45) is 2.02. The average molecular weight is 254 g/mol. The third-order valence-electron chi connectivity index (χ3n) is 2.38. The van der Waals surface area contributed by atoms with E-state index in [0.29, 0.717) is 18.1 Å². The highest BCUT2D eigenvalue weighted by molar-refractivity contribution is 7.99. The smallest absolute Gasteiger partial charge is 0.271 e. The molecular weight excluding hydrogens is 236 g/mol. The number of hydrogen-bond donors (Lipinski definition) is 2. The SMILES string of the molecule is CNc1ccc(C(=O)NCC(C)(C)SC)nn1. The van der Waals surface area contributed by atoms with Crippen molar-refractivity contribution in [2.24, 2.45) is 0 Å². The lowest BCUT2D eigenvalue weighted by molar-refractivity contribution is 0.0945. The van der Waals surface area contributed by atoms with Gasteiger partial charge in [0, 0.05) is 18.3 Å². The van der Waals surface area contributed by atoms with Crippen molar-refractivity contribution >= 4 is 23.5 Å². The first-order valence-electron chi connectivity index (χ1n) is 5.33. The summed E-state index contributed by atoms with van der Waals surface area (Å²) in [4.78, 5) is 11.8. The van der Waals surface area contributed by atoms with Crippen LogP contribution in [0.4, 0.5) is 5.82 Å². The first-order chi connectivity index (χ1) is 7.98. The van der Waals surface area contributed by atoms with E-state index >= 15 is 0 Å². The number of aromatic nitrogens is 2. The van der Waals surface area contributed by atoms with Crippen molar-refractivity contribution in [3.05, 3.63) is 17.8 Å². The van der Waals surface area contributed by atoms with Gasteiger partial charge in [0.05, 0.1) is 0 Å². The number of nitrogens with one attached hydrogen (secondary N) is 2. The summed E-state index contributed by atoms with van der Waals surface area (Å²) in [7, 11) is 1.75. The van der Waals surface area contributed by atoms with Crippen LogP contribution in [0.5, 0.6) is 0 Å². The summed E-state index contributed by atoms with van der Waals surface area (Å²) < 4.78 is 0.0218. The van der Waals surface area contributed by atoms with Crippen LogP contribution < -0.4 is 10.6 Å². The summed E-state index contributed by atoms with van der Waals surface area (Å²) in [6, 6.07) is 3.38. The van der Waals surface area contributed by atoms with Crippen LogP contribution in [0.2, 0.25) is 0 Å². The lowest BCUT2D eigenvalue weighted by Crippen LogP contribution is -2.36. The summed E-state index contributed by atoms with van der Waals surface area (Å²) in [5.74, 6) is 0.452. The molecule has 0 aliphatic carbocycles. The second-order valence-corrected chi connectivity index (χ2v) is 5.71. The van der Waals surface area contributed by atoms with Gasteiger partial charge in [-0.25, -0.2) is 0 Å². The molecule has 0 saturated heterocycles. The van der Waals surface area contributed by atoms with E-state index in [-0.39, 0.29) is 10.7 Å². The Morgan fingerprint density at radius 2 is 2.12 bits per heavy atom. The number of amides is 1. The number of hydrogen-bond acceptors (Lipinski definition) is 5. The van der Waals surface area contributed by atoms with Crippen molar-refractivity contribution in [1.82, 2.24) is 15.5 Å². The molecule has 0 aliphatic rings. The van der Waals surface area contributed by atoms with Crippen LogP contribution in [0, 0.1) is 0 Å². The number of anilines is 1. The fourth-order valence-corrected chi connectivity index (χ4v) is 1.26. The first-order valence-corrected chi connectivity index (χ1v) is 6.56. The molecule has 0 unspecified atom stereocenters. The van der Waals surface area contributed by atoms with Crippen LogP contribution in [0.1, 0.15) is 24.3 Å². The lowest BCUT2D eigenvalue weighted by atomic mass is 10.2. The summed E-state index contributed by atoms with van der Waals surface area (Å²) in [6.45, 7) is 4.75. The highest BCUT2D eigenvalue weighted by Gasteiger charge is 2.18. The summed E-state index contributed by atoms with van der Waals surface area (Å²) in [5, 5.41) is 13.4. The highest BCUT2D eigenvalue weighted by Crippen LogP contribution is 2.19. The largest absolute Gasteiger partial charge is 0.372 e. The van der Waals surface area contributed by atoms with Crippen LogP contribution in [0.15, 0.2) is 12.1 Å². The molecule has 1 aromatic heterocycles. The number of carbonyl (C=O) groups is 1. The molecule has 0 bridgehead atoms. The number of carbonyl (C=O) groups excluding carboxylic acids is 1. The molecule has 0 saturated carbocycles. The number of rotatable bonds is 5. The zero-order valence-electron chi connectivity index (χ0n) is 10.6. The maximum Gasteiger partial charge on any atom is 0.271 e. The fourth-order valence-electron chi connectivity index (χ4n) is 1.04. The Labute approximate surface area is 106 Å². The molecule has 0 atom stereocenters. The molecule has 17 heavy (non-hydrogen) atoms. The molecule has 94 valence electrons. The third kappa shape index (κ3) is 4.22. The minimum atomic E-state index is -0.192. The Hall–Kier alpha value is -1.30. The third-order valence-corrected chi connectivity index (χ3v) is 3.63. The monoisotopic (exact) mass is 254 g/mol. The van der Waals surface area contributed by atoms with Crippen LogP contribution in [0.25, 0.3) is 0 Å². The fraction of sp³-hybridized carbons (Fsp3) is 0.545. The standard InChI is InChI=1S/C11H18N4OS/c1-11(2,17-4)7-13-10(16)8-5-6-9(12-3)15-14-8/h5-6H,7H2,1-4H3,(H,12,15)(H,13,16). The van der Waals surface area contributed by atoms with Gasteiger partial charge < -0.3 is 10.6 Å². The van der Waals surface area contributed by atoms with Crippen LogP contribution >= 0.6 is 11.8 Å². The Bertz CT molecular complexity index is 378. The van der Waals surface area contributed by atoms with E-state index in [4.69, 9.17) is 0 Å². The molecule has 0 fully saturated rings. The van der Waals surface area contributed by atoms with Crippen molar-refractivity contribution < 1.29 is 4.79 Å². The topological polar surface area (TPSA) is 66.9 Å². The molecule has 0 radical (unpaired) electrons. The predicted molar refractivity (Wildman–Crippen MR) is 71.5 cm³/mol. The maximum absolute atomic E-state index is 11.8. The number of thioether (sulfide) groups is 1. The van der Waals surface area contributed by atoms with Crippen molar-refractivity contribution in [3.8, 4) is 0 Å². The molecule has 5 nitrogen and oxygen atoms in total. The van der Waals surface area contributed by atoms with Gasteiger partial charge in [-0.1, -0.05) is 0 Å². The van der Waals surface area contributed by atoms with E-state index in [0.717, 1.165) is 0 Å². The second kappa shape index (κ2) is 5.86. The van der Waals surface area contributed by atoms with E-state index in [2.05, 4.69) is 34.7 Å². The molecule has 0 spiro atoms. The van der Waals surface area contributed by atoms with Gasteiger partial charge in [0.1, 0.15) is 5.82 Å². The van der Waals surface area contributed by atoms with Gasteiger partial charge in [-0.2, -0.15) is 11.8 Å². The summed E-state index contributed by atoms with van der Waals surface area (Å²) >= 11 is 1.71. The van der Waals surface area contributed by atoms with Crippen LogP contribution in [-0.4, -0.2) is 40.7 Å². The second-order valence-electron chi connectivity index (χ2n) is 4.20. The minimum absolute atomic E-state index is 0.0218. The maximum atomic E-state index is 11.8. The van der Waals surface area contributed by atoms with Gasteiger partial charge in [0.25, 0.3) is 5.91 Å². The van der Waals surface area contributed by atoms with Crippen molar-refractivity contribution in [1.29, 1.82) is 0 Å². The van der Waals surface area contributed by atoms with E-state index in [1.807, 2.05) is 6.26 Å². The molecule has 0 aliphatic heterocycles. The van der Waals surface area contributed by atoms with Gasteiger partial charge in [-0.3, -0.25) is 4.79 Å². The first kappa shape index (κ1) is 13.8. The van der Waals surface area contributed by atoms with Crippen LogP contribution in [-0.2, 0) is 0 Å². The van der Waals surface area contributed by atoms with Gasteiger partial charge in [0.2, 0.25) is 0 Å². The average Bonchev–Trinajstić information content (AvgIpc) is 2.36. The predicted octanol–water partition coefficient (Wildman–Crippen LogP) is 1.39. The zero-order valence-corrected chi connectivity index (χ0v) is 11.4. The van der Waals surface area contributed by atoms with Crippen molar-refractivity contribution in [2.45, 2.75) is 18.6 Å². The quantitative estimate of drug-likeness (QED) is 0.831. The summed E-state index contributed by atoms with van der Waals surface area (Å²) in [5.41, 5.74) is 0.334. The Morgan fingerprint density at radius 3 is 2.59 bits per heavy atom. The highest BCUT2D eigenvalue weighted by atomic mass is 32.2. The molecule has 1 amide bonds. The van der Waals surface area contributed by atoms with E-state index in [1.54, 1.807) is 30.9 Å². The van der Waals surface area contributed by atoms with Crippen molar-refractivity contribution in [2.75, 3.05) is 25.2 Å². The van der Waals surface area contributed by atoms with Crippen molar-refractivity contribution in [3.63, 3.8) is 0 Å². The van der Waals surface area contributed by atoms with Gasteiger partial charge >= 0.3 is 0 Å². The molecule has 1 aromatic rings. The lowest BCUT2D eigenvalue weighted by Gasteiger charge is -2.21. The molecule has 1 rings (SSSR count).